The van der Waals surface area contributed by atoms with Gasteiger partial charge in [0.05, 0.1) is 11.8 Å². The SMILES string of the molecule is CCCCN(CCC#N)Cc1coc(-c2cccc3ccccc23)n1. The molecule has 0 saturated carbocycles. The van der Waals surface area contributed by atoms with Crippen LogP contribution in [0.5, 0.6) is 0 Å². The minimum atomic E-state index is 0.539. The van der Waals surface area contributed by atoms with Crippen LogP contribution in [0.4, 0.5) is 0 Å². The predicted molar refractivity (Wildman–Crippen MR) is 99.9 cm³/mol. The van der Waals surface area contributed by atoms with Crippen LogP contribution in [-0.4, -0.2) is 23.0 Å². The third-order valence-corrected chi connectivity index (χ3v) is 4.33. The van der Waals surface area contributed by atoms with E-state index < -0.39 is 0 Å². The fourth-order valence-corrected chi connectivity index (χ4v) is 3.00. The highest BCUT2D eigenvalue weighted by atomic mass is 16.3. The zero-order valence-electron chi connectivity index (χ0n) is 14.6. The van der Waals surface area contributed by atoms with Gasteiger partial charge >= 0.3 is 0 Å². The maximum Gasteiger partial charge on any atom is 0.226 e. The molecule has 0 N–H and O–H groups in total. The van der Waals surface area contributed by atoms with Crippen LogP contribution in [0.3, 0.4) is 0 Å². The molecule has 0 aliphatic carbocycles. The van der Waals surface area contributed by atoms with Gasteiger partial charge in [0, 0.05) is 25.1 Å². The lowest BCUT2D eigenvalue weighted by atomic mass is 10.0. The van der Waals surface area contributed by atoms with Gasteiger partial charge in [-0.05, 0) is 29.8 Å². The van der Waals surface area contributed by atoms with Gasteiger partial charge in [-0.15, -0.1) is 0 Å². The van der Waals surface area contributed by atoms with Crippen molar-refractivity contribution < 1.29 is 4.42 Å². The molecule has 0 bridgehead atoms. The van der Waals surface area contributed by atoms with Gasteiger partial charge in [-0.3, -0.25) is 4.90 Å². The maximum atomic E-state index is 8.85. The Balaban J connectivity index is 1.80. The van der Waals surface area contributed by atoms with Crippen molar-refractivity contribution in [1.29, 1.82) is 5.26 Å². The summed E-state index contributed by atoms with van der Waals surface area (Å²) in [6, 6.07) is 16.6. The second-order valence-electron chi connectivity index (χ2n) is 6.21. The minimum Gasteiger partial charge on any atom is -0.444 e. The molecule has 0 radical (unpaired) electrons. The van der Waals surface area contributed by atoms with Crippen LogP contribution in [0.15, 0.2) is 53.1 Å². The first kappa shape index (κ1) is 17.2. The van der Waals surface area contributed by atoms with Crippen LogP contribution in [0.1, 0.15) is 31.9 Å². The Morgan fingerprint density at radius 2 is 1.96 bits per heavy atom. The number of benzene rings is 2. The summed E-state index contributed by atoms with van der Waals surface area (Å²) in [6.07, 6.45) is 4.54. The summed E-state index contributed by atoms with van der Waals surface area (Å²) in [5.41, 5.74) is 1.93. The third-order valence-electron chi connectivity index (χ3n) is 4.33. The molecule has 25 heavy (non-hydrogen) atoms. The van der Waals surface area contributed by atoms with E-state index in [2.05, 4.69) is 36.1 Å². The van der Waals surface area contributed by atoms with Crippen LogP contribution < -0.4 is 0 Å². The van der Waals surface area contributed by atoms with Crippen LogP contribution in [0.2, 0.25) is 0 Å². The molecule has 0 atom stereocenters. The van der Waals surface area contributed by atoms with Crippen molar-refractivity contribution in [2.75, 3.05) is 13.1 Å². The fraction of sp³-hybridized carbons (Fsp3) is 0.333. The number of fused-ring (bicyclic) bond motifs is 1. The summed E-state index contributed by atoms with van der Waals surface area (Å²) < 4.78 is 5.77. The predicted octanol–water partition coefficient (Wildman–Crippen LogP) is 5.01. The number of hydrogen-bond donors (Lipinski definition) is 0. The van der Waals surface area contributed by atoms with Crippen molar-refractivity contribution in [3.63, 3.8) is 0 Å². The number of hydrogen-bond acceptors (Lipinski definition) is 4. The minimum absolute atomic E-state index is 0.539. The van der Waals surface area contributed by atoms with E-state index in [1.165, 1.54) is 5.39 Å². The van der Waals surface area contributed by atoms with E-state index in [1.54, 1.807) is 6.26 Å². The van der Waals surface area contributed by atoms with Gasteiger partial charge < -0.3 is 4.42 Å². The van der Waals surface area contributed by atoms with Crippen molar-refractivity contribution in [2.24, 2.45) is 0 Å². The molecule has 0 spiro atoms. The summed E-state index contributed by atoms with van der Waals surface area (Å²) >= 11 is 0. The van der Waals surface area contributed by atoms with Gasteiger partial charge in [0.2, 0.25) is 5.89 Å². The van der Waals surface area contributed by atoms with Gasteiger partial charge in [-0.1, -0.05) is 49.7 Å². The Morgan fingerprint density at radius 1 is 1.12 bits per heavy atom. The van der Waals surface area contributed by atoms with Gasteiger partial charge in [-0.25, -0.2) is 4.98 Å². The second kappa shape index (κ2) is 8.46. The Labute approximate surface area is 148 Å². The molecule has 0 aliphatic rings. The molecule has 1 aromatic heterocycles. The first-order valence-electron chi connectivity index (χ1n) is 8.83. The Bertz CT molecular complexity index is 857. The van der Waals surface area contributed by atoms with E-state index >= 15 is 0 Å². The molecule has 4 heteroatoms. The molecule has 0 fully saturated rings. The number of rotatable bonds is 8. The van der Waals surface area contributed by atoms with E-state index in [0.29, 0.717) is 12.3 Å². The van der Waals surface area contributed by atoms with Crippen molar-refractivity contribution in [2.45, 2.75) is 32.7 Å². The maximum absolute atomic E-state index is 8.85. The van der Waals surface area contributed by atoms with Crippen LogP contribution in [0.25, 0.3) is 22.2 Å². The summed E-state index contributed by atoms with van der Waals surface area (Å²) in [6.45, 7) is 4.65. The lowest BCUT2D eigenvalue weighted by molar-refractivity contribution is 0.264. The molecule has 1 heterocycles. The lowest BCUT2D eigenvalue weighted by Gasteiger charge is -2.19. The first-order chi connectivity index (χ1) is 12.3. The van der Waals surface area contributed by atoms with Gasteiger partial charge in [0.15, 0.2) is 0 Å². The third kappa shape index (κ3) is 4.26. The van der Waals surface area contributed by atoms with Gasteiger partial charge in [0.25, 0.3) is 0 Å². The molecule has 128 valence electrons. The Morgan fingerprint density at radius 3 is 2.80 bits per heavy atom. The average Bonchev–Trinajstić information content (AvgIpc) is 3.11. The summed E-state index contributed by atoms with van der Waals surface area (Å²) in [5.74, 6) is 0.655. The fourth-order valence-electron chi connectivity index (χ4n) is 3.00. The molecule has 0 unspecified atom stereocenters. The lowest BCUT2D eigenvalue weighted by Crippen LogP contribution is -2.25. The molecule has 3 rings (SSSR count). The zero-order chi connectivity index (χ0) is 17.5. The molecular weight excluding hydrogens is 310 g/mol. The highest BCUT2D eigenvalue weighted by Crippen LogP contribution is 2.28. The highest BCUT2D eigenvalue weighted by molar-refractivity contribution is 5.94. The molecule has 4 nitrogen and oxygen atoms in total. The van der Waals surface area contributed by atoms with Crippen LogP contribution >= 0.6 is 0 Å². The van der Waals surface area contributed by atoms with Gasteiger partial charge in [0.1, 0.15) is 6.26 Å². The number of aromatic nitrogens is 1. The highest BCUT2D eigenvalue weighted by Gasteiger charge is 2.12. The Kier molecular flexibility index (Phi) is 5.81. The smallest absolute Gasteiger partial charge is 0.226 e. The topological polar surface area (TPSA) is 53.1 Å². The summed E-state index contributed by atoms with van der Waals surface area (Å²) in [5, 5.41) is 11.2. The number of unbranched alkanes of at least 4 members (excludes halogenated alkanes) is 1. The number of nitrogens with zero attached hydrogens (tertiary/aromatic N) is 3. The summed E-state index contributed by atoms with van der Waals surface area (Å²) in [4.78, 5) is 6.97. The monoisotopic (exact) mass is 333 g/mol. The van der Waals surface area contributed by atoms with Crippen molar-refractivity contribution >= 4 is 10.8 Å². The van der Waals surface area contributed by atoms with Crippen molar-refractivity contribution in [3.05, 3.63) is 54.4 Å². The van der Waals surface area contributed by atoms with E-state index in [4.69, 9.17) is 14.7 Å². The standard InChI is InChI=1S/C21H23N3O/c1-2-3-13-24(14-7-12-22)15-18-16-25-21(23-18)20-11-6-9-17-8-4-5-10-19(17)20/h4-6,8-11,16H,2-3,7,13-15H2,1H3. The van der Waals surface area contributed by atoms with E-state index in [0.717, 1.165) is 49.1 Å². The molecule has 2 aromatic carbocycles. The van der Waals surface area contributed by atoms with E-state index in [9.17, 15) is 0 Å². The van der Waals surface area contributed by atoms with E-state index in [-0.39, 0.29) is 0 Å². The van der Waals surface area contributed by atoms with Crippen LogP contribution in [-0.2, 0) is 6.54 Å². The van der Waals surface area contributed by atoms with Gasteiger partial charge in [-0.2, -0.15) is 5.26 Å². The molecule has 0 amide bonds. The Hall–Kier alpha value is -2.64. The van der Waals surface area contributed by atoms with Crippen LogP contribution in [0, 0.1) is 11.3 Å². The average molecular weight is 333 g/mol. The number of oxazole rings is 1. The number of nitriles is 1. The van der Waals surface area contributed by atoms with Crippen molar-refractivity contribution in [1.82, 2.24) is 9.88 Å². The molecule has 0 aliphatic heterocycles. The van der Waals surface area contributed by atoms with E-state index in [1.807, 2.05) is 24.3 Å². The normalized spacial score (nSPS) is 11.1. The molecule has 3 aromatic rings. The zero-order valence-corrected chi connectivity index (χ0v) is 14.6. The first-order valence-corrected chi connectivity index (χ1v) is 8.83. The summed E-state index contributed by atoms with van der Waals surface area (Å²) in [7, 11) is 0. The largest absolute Gasteiger partial charge is 0.444 e. The molecule has 0 saturated heterocycles. The second-order valence-corrected chi connectivity index (χ2v) is 6.21. The quantitative estimate of drug-likeness (QED) is 0.581. The molecular formula is C21H23N3O. The van der Waals surface area contributed by atoms with Crippen molar-refractivity contribution in [3.8, 4) is 17.5 Å².